The number of hydrogen-bond acceptors (Lipinski definition) is 3. The second-order valence-electron chi connectivity index (χ2n) is 7.54. The fraction of sp³-hybridized carbons (Fsp3) is 0.200. The van der Waals surface area contributed by atoms with E-state index in [9.17, 15) is 14.0 Å². The second-order valence-corrected chi connectivity index (χ2v) is 9.41. The van der Waals surface area contributed by atoms with Gasteiger partial charge in [0.15, 0.2) is 0 Å². The molecule has 0 aliphatic carbocycles. The lowest BCUT2D eigenvalue weighted by molar-refractivity contribution is -0.133. The van der Waals surface area contributed by atoms with Crippen LogP contribution in [-0.2, 0) is 17.9 Å². The lowest BCUT2D eigenvalue weighted by atomic mass is 10.1. The molecule has 0 unspecified atom stereocenters. The maximum atomic E-state index is 13.4. The molecule has 0 radical (unpaired) electrons. The lowest BCUT2D eigenvalue weighted by Crippen LogP contribution is -2.42. The molecule has 4 nitrogen and oxygen atoms in total. The molecule has 0 bridgehead atoms. The summed E-state index contributed by atoms with van der Waals surface area (Å²) in [4.78, 5) is 30.6. The van der Waals surface area contributed by atoms with Gasteiger partial charge in [0.2, 0.25) is 5.91 Å². The fourth-order valence-corrected chi connectivity index (χ4v) is 4.73. The number of nitrogens with zero attached hydrogens (tertiary/aromatic N) is 2. The summed E-state index contributed by atoms with van der Waals surface area (Å²) < 4.78 is 13.4. The average molecular weight is 505 g/mol. The fourth-order valence-electron chi connectivity index (χ4n) is 3.28. The number of carbonyl (C=O) groups is 2. The van der Waals surface area contributed by atoms with Gasteiger partial charge in [-0.25, -0.2) is 4.39 Å². The van der Waals surface area contributed by atoms with Gasteiger partial charge in [-0.3, -0.25) is 9.59 Å². The van der Waals surface area contributed by atoms with E-state index in [2.05, 4.69) is 6.58 Å². The highest BCUT2D eigenvalue weighted by Gasteiger charge is 2.23. The molecule has 0 fully saturated rings. The van der Waals surface area contributed by atoms with Crippen molar-refractivity contribution in [1.29, 1.82) is 0 Å². The number of thiophene rings is 1. The lowest BCUT2D eigenvalue weighted by Gasteiger charge is -2.27. The van der Waals surface area contributed by atoms with E-state index < -0.39 is 0 Å². The maximum Gasteiger partial charge on any atom is 0.254 e. The molecule has 0 saturated heterocycles. The maximum absolute atomic E-state index is 13.4. The van der Waals surface area contributed by atoms with Crippen molar-refractivity contribution in [2.75, 3.05) is 13.1 Å². The molecular weight excluding hydrogens is 482 g/mol. The Kier molecular flexibility index (Phi) is 8.67. The van der Waals surface area contributed by atoms with E-state index in [1.807, 2.05) is 18.4 Å². The molecule has 0 N–H and O–H groups in total. The molecule has 1 aromatic heterocycles. The zero-order valence-corrected chi connectivity index (χ0v) is 20.4. The van der Waals surface area contributed by atoms with E-state index in [0.29, 0.717) is 22.2 Å². The highest BCUT2D eigenvalue weighted by molar-refractivity contribution is 7.10. The molecule has 0 aliphatic rings. The van der Waals surface area contributed by atoms with Gasteiger partial charge in [0.05, 0.1) is 6.54 Å². The van der Waals surface area contributed by atoms with Crippen molar-refractivity contribution < 1.29 is 14.0 Å². The minimum atomic E-state index is -0.373. The van der Waals surface area contributed by atoms with Crippen molar-refractivity contribution in [3.8, 4) is 0 Å². The molecule has 0 aliphatic heterocycles. The number of rotatable bonds is 9. The Morgan fingerprint density at radius 2 is 1.70 bits per heavy atom. The Morgan fingerprint density at radius 3 is 2.27 bits per heavy atom. The molecule has 2 amide bonds. The normalized spacial score (nSPS) is 10.7. The van der Waals surface area contributed by atoms with Gasteiger partial charge in [-0.1, -0.05) is 41.4 Å². The SMILES string of the molecule is C=CCN(CC(=O)N(Cc1ccc(F)cc1)Cc1sccc1C)C(=O)c1cc(Cl)cc(Cl)c1. The summed E-state index contributed by atoms with van der Waals surface area (Å²) in [5.74, 6) is -0.953. The Labute approximate surface area is 206 Å². The molecular formula is C25H23Cl2FN2O2S. The van der Waals surface area contributed by atoms with E-state index >= 15 is 0 Å². The first kappa shape index (κ1) is 25.0. The summed E-state index contributed by atoms with van der Waals surface area (Å²) in [7, 11) is 0. The molecule has 33 heavy (non-hydrogen) atoms. The average Bonchev–Trinajstić information content (AvgIpc) is 3.17. The zero-order valence-electron chi connectivity index (χ0n) is 18.1. The van der Waals surface area contributed by atoms with E-state index in [1.165, 1.54) is 35.2 Å². The number of carbonyl (C=O) groups excluding carboxylic acids is 2. The highest BCUT2D eigenvalue weighted by atomic mass is 35.5. The third-order valence-corrected chi connectivity index (χ3v) is 6.46. The zero-order chi connectivity index (χ0) is 24.0. The number of aryl methyl sites for hydroxylation is 1. The van der Waals surface area contributed by atoms with Crippen LogP contribution in [0.3, 0.4) is 0 Å². The summed E-state index contributed by atoms with van der Waals surface area (Å²) in [5.41, 5.74) is 2.17. The van der Waals surface area contributed by atoms with Crippen LogP contribution in [0.1, 0.15) is 26.4 Å². The van der Waals surface area contributed by atoms with Crippen LogP contribution in [0.5, 0.6) is 0 Å². The van der Waals surface area contributed by atoms with Crippen LogP contribution in [0.2, 0.25) is 10.0 Å². The molecule has 3 aromatic rings. The van der Waals surface area contributed by atoms with Crippen LogP contribution >= 0.6 is 34.5 Å². The topological polar surface area (TPSA) is 40.6 Å². The predicted molar refractivity (Wildman–Crippen MR) is 132 cm³/mol. The molecule has 0 atom stereocenters. The summed E-state index contributed by atoms with van der Waals surface area (Å²) in [6, 6.07) is 12.6. The Balaban J connectivity index is 1.84. The summed E-state index contributed by atoms with van der Waals surface area (Å²) in [5, 5.41) is 2.64. The molecule has 0 saturated carbocycles. The Bertz CT molecular complexity index is 1130. The molecule has 172 valence electrons. The van der Waals surface area contributed by atoms with Crippen LogP contribution in [0.4, 0.5) is 4.39 Å². The summed E-state index contributed by atoms with van der Waals surface area (Å²) in [6.45, 7) is 6.40. The standard InChI is InChI=1S/C25H23Cl2FN2O2S/c1-3-9-29(25(32)19-11-20(26)13-21(27)12-19)16-24(31)30(15-23-17(2)8-10-33-23)14-18-4-6-22(28)7-5-18/h3-8,10-13H,1,9,14-16H2,2H3. The Hall–Kier alpha value is -2.67. The van der Waals surface area contributed by atoms with E-state index in [1.54, 1.807) is 34.4 Å². The van der Waals surface area contributed by atoms with Crippen LogP contribution in [0, 0.1) is 12.7 Å². The molecule has 8 heteroatoms. The summed E-state index contributed by atoms with van der Waals surface area (Å²) in [6.07, 6.45) is 1.56. The summed E-state index contributed by atoms with van der Waals surface area (Å²) >= 11 is 13.7. The van der Waals surface area contributed by atoms with Crippen LogP contribution in [0.25, 0.3) is 0 Å². The van der Waals surface area contributed by atoms with E-state index in [4.69, 9.17) is 23.2 Å². The van der Waals surface area contributed by atoms with Gasteiger partial charge in [0, 0.05) is 33.6 Å². The molecule has 0 spiro atoms. The smallest absolute Gasteiger partial charge is 0.254 e. The van der Waals surface area contributed by atoms with Crippen molar-refractivity contribution in [1.82, 2.24) is 9.80 Å². The number of hydrogen-bond donors (Lipinski definition) is 0. The van der Waals surface area contributed by atoms with Crippen molar-refractivity contribution in [3.63, 3.8) is 0 Å². The van der Waals surface area contributed by atoms with Crippen molar-refractivity contribution in [2.45, 2.75) is 20.0 Å². The second kappa shape index (κ2) is 11.5. The van der Waals surface area contributed by atoms with Gasteiger partial charge in [-0.2, -0.15) is 0 Å². The minimum Gasteiger partial charge on any atom is -0.332 e. The van der Waals surface area contributed by atoms with E-state index in [-0.39, 0.29) is 37.3 Å². The van der Waals surface area contributed by atoms with Gasteiger partial charge in [0.25, 0.3) is 5.91 Å². The Morgan fingerprint density at radius 1 is 1.03 bits per heavy atom. The van der Waals surface area contributed by atoms with Gasteiger partial charge in [0.1, 0.15) is 12.4 Å². The largest absolute Gasteiger partial charge is 0.332 e. The first-order valence-corrected chi connectivity index (χ1v) is 11.8. The van der Waals surface area contributed by atoms with Crippen molar-refractivity contribution in [3.05, 3.63) is 104 Å². The van der Waals surface area contributed by atoms with Gasteiger partial charge in [-0.05, 0) is 59.8 Å². The van der Waals surface area contributed by atoms with Gasteiger partial charge < -0.3 is 9.80 Å². The highest BCUT2D eigenvalue weighted by Crippen LogP contribution is 2.22. The van der Waals surface area contributed by atoms with Gasteiger partial charge in [-0.15, -0.1) is 17.9 Å². The monoisotopic (exact) mass is 504 g/mol. The van der Waals surface area contributed by atoms with Crippen molar-refractivity contribution >= 4 is 46.4 Å². The van der Waals surface area contributed by atoms with Crippen LogP contribution in [0.15, 0.2) is 66.6 Å². The molecule has 2 aromatic carbocycles. The number of benzene rings is 2. The third kappa shape index (κ3) is 6.90. The quantitative estimate of drug-likeness (QED) is 0.318. The van der Waals surface area contributed by atoms with Gasteiger partial charge >= 0.3 is 0 Å². The number of halogens is 3. The minimum absolute atomic E-state index is 0.152. The van der Waals surface area contributed by atoms with Crippen LogP contribution < -0.4 is 0 Å². The first-order valence-electron chi connectivity index (χ1n) is 10.2. The van der Waals surface area contributed by atoms with E-state index in [0.717, 1.165) is 16.0 Å². The van der Waals surface area contributed by atoms with Crippen LogP contribution in [-0.4, -0.2) is 34.7 Å². The molecule has 3 rings (SSSR count). The molecule has 1 heterocycles. The third-order valence-electron chi connectivity index (χ3n) is 5.01. The number of amides is 2. The predicted octanol–water partition coefficient (Wildman–Crippen LogP) is 6.36. The van der Waals surface area contributed by atoms with Crippen molar-refractivity contribution in [2.24, 2.45) is 0 Å². The first-order chi connectivity index (χ1) is 15.8.